The number of benzene rings is 3. The van der Waals surface area contributed by atoms with E-state index in [-0.39, 0.29) is 5.92 Å². The number of hydrogen-bond acceptors (Lipinski definition) is 3. The molecule has 3 aromatic rings. The standard InChI is InChI=1S/C27H27NO2/c1-20-9-5-6-12-22(20)26-23-13-7-8-14-25(23)30-27(21-10-3-2-4-11-21)24(26)19-28-15-17-29-18-16-28/h2-14,26H,15-19H2,1H3/t26-/m0/s1. The number of hydrogen-bond donors (Lipinski definition) is 0. The lowest BCUT2D eigenvalue weighted by Crippen LogP contribution is -2.39. The molecular weight excluding hydrogens is 370 g/mol. The number of nitrogens with zero attached hydrogens (tertiary/aromatic N) is 1. The van der Waals surface area contributed by atoms with Gasteiger partial charge in [-0.2, -0.15) is 0 Å². The van der Waals surface area contributed by atoms with Crippen molar-refractivity contribution in [2.45, 2.75) is 12.8 Å². The fourth-order valence-electron chi connectivity index (χ4n) is 4.57. The highest BCUT2D eigenvalue weighted by Gasteiger charge is 2.33. The van der Waals surface area contributed by atoms with E-state index < -0.39 is 0 Å². The summed E-state index contributed by atoms with van der Waals surface area (Å²) in [6, 6.07) is 27.8. The van der Waals surface area contributed by atoms with Gasteiger partial charge >= 0.3 is 0 Å². The number of aryl methyl sites for hydroxylation is 1. The molecule has 152 valence electrons. The van der Waals surface area contributed by atoms with Gasteiger partial charge in [0.1, 0.15) is 11.5 Å². The van der Waals surface area contributed by atoms with Crippen molar-refractivity contribution in [2.75, 3.05) is 32.8 Å². The zero-order valence-corrected chi connectivity index (χ0v) is 17.4. The number of morpholine rings is 1. The van der Waals surface area contributed by atoms with Crippen LogP contribution in [-0.2, 0) is 4.74 Å². The van der Waals surface area contributed by atoms with E-state index in [9.17, 15) is 0 Å². The summed E-state index contributed by atoms with van der Waals surface area (Å²) >= 11 is 0. The molecule has 0 bridgehead atoms. The van der Waals surface area contributed by atoms with E-state index in [1.54, 1.807) is 0 Å². The van der Waals surface area contributed by atoms with Gasteiger partial charge in [-0.25, -0.2) is 0 Å². The van der Waals surface area contributed by atoms with Crippen LogP contribution in [0.25, 0.3) is 5.76 Å². The van der Waals surface area contributed by atoms with Crippen LogP contribution in [0.4, 0.5) is 0 Å². The third-order valence-electron chi connectivity index (χ3n) is 6.12. The van der Waals surface area contributed by atoms with Gasteiger partial charge in [-0.1, -0.05) is 72.8 Å². The van der Waals surface area contributed by atoms with Crippen molar-refractivity contribution in [1.82, 2.24) is 4.90 Å². The number of fused-ring (bicyclic) bond motifs is 1. The van der Waals surface area contributed by atoms with Gasteiger partial charge in [0.15, 0.2) is 0 Å². The van der Waals surface area contributed by atoms with Gasteiger partial charge in [0.05, 0.1) is 13.2 Å². The minimum absolute atomic E-state index is 0.175. The third-order valence-corrected chi connectivity index (χ3v) is 6.12. The van der Waals surface area contributed by atoms with E-state index in [0.29, 0.717) is 0 Å². The molecule has 5 rings (SSSR count). The smallest absolute Gasteiger partial charge is 0.136 e. The Labute approximate surface area is 178 Å². The van der Waals surface area contributed by atoms with Gasteiger partial charge in [-0.15, -0.1) is 0 Å². The molecular formula is C27H27NO2. The lowest BCUT2D eigenvalue weighted by molar-refractivity contribution is 0.0416. The second-order valence-electron chi connectivity index (χ2n) is 8.04. The molecule has 2 heterocycles. The van der Waals surface area contributed by atoms with Crippen LogP contribution >= 0.6 is 0 Å². The zero-order valence-electron chi connectivity index (χ0n) is 17.4. The summed E-state index contributed by atoms with van der Waals surface area (Å²) in [5, 5.41) is 0. The van der Waals surface area contributed by atoms with Crippen molar-refractivity contribution in [3.63, 3.8) is 0 Å². The van der Waals surface area contributed by atoms with Crippen LogP contribution in [0.3, 0.4) is 0 Å². The van der Waals surface area contributed by atoms with Crippen LogP contribution in [0.2, 0.25) is 0 Å². The summed E-state index contributed by atoms with van der Waals surface area (Å²) in [4.78, 5) is 2.49. The summed E-state index contributed by atoms with van der Waals surface area (Å²) in [6.07, 6.45) is 0. The van der Waals surface area contributed by atoms with Crippen LogP contribution in [0.1, 0.15) is 28.2 Å². The molecule has 0 saturated carbocycles. The maximum Gasteiger partial charge on any atom is 0.136 e. The minimum Gasteiger partial charge on any atom is -0.456 e. The quantitative estimate of drug-likeness (QED) is 0.599. The molecule has 3 nitrogen and oxygen atoms in total. The molecule has 1 fully saturated rings. The van der Waals surface area contributed by atoms with Crippen LogP contribution in [0.15, 0.2) is 84.4 Å². The van der Waals surface area contributed by atoms with Gasteiger partial charge in [-0.05, 0) is 29.7 Å². The Bertz CT molecular complexity index is 1050. The lowest BCUT2D eigenvalue weighted by Gasteiger charge is -2.36. The highest BCUT2D eigenvalue weighted by molar-refractivity contribution is 5.73. The fraction of sp³-hybridized carbons (Fsp3) is 0.259. The van der Waals surface area contributed by atoms with E-state index >= 15 is 0 Å². The molecule has 3 aromatic carbocycles. The third kappa shape index (κ3) is 3.67. The molecule has 0 spiro atoms. The molecule has 0 radical (unpaired) electrons. The lowest BCUT2D eigenvalue weighted by atomic mass is 9.79. The molecule has 0 aliphatic carbocycles. The molecule has 1 atom stereocenters. The largest absolute Gasteiger partial charge is 0.456 e. The molecule has 0 amide bonds. The molecule has 3 heteroatoms. The number of ether oxygens (including phenoxy) is 2. The van der Waals surface area contributed by atoms with Crippen molar-refractivity contribution < 1.29 is 9.47 Å². The van der Waals surface area contributed by atoms with Crippen molar-refractivity contribution in [2.24, 2.45) is 0 Å². The Morgan fingerprint density at radius 2 is 1.47 bits per heavy atom. The van der Waals surface area contributed by atoms with Crippen LogP contribution in [0, 0.1) is 6.92 Å². The van der Waals surface area contributed by atoms with Crippen molar-refractivity contribution >= 4 is 5.76 Å². The minimum atomic E-state index is 0.175. The van der Waals surface area contributed by atoms with Crippen molar-refractivity contribution in [3.8, 4) is 5.75 Å². The Kier molecular flexibility index (Phi) is 5.39. The van der Waals surface area contributed by atoms with Crippen molar-refractivity contribution in [1.29, 1.82) is 0 Å². The predicted molar refractivity (Wildman–Crippen MR) is 121 cm³/mol. The molecule has 0 aromatic heterocycles. The monoisotopic (exact) mass is 397 g/mol. The maximum absolute atomic E-state index is 6.59. The maximum atomic E-state index is 6.59. The highest BCUT2D eigenvalue weighted by Crippen LogP contribution is 2.46. The molecule has 2 aliphatic heterocycles. The molecule has 30 heavy (non-hydrogen) atoms. The van der Waals surface area contributed by atoms with E-state index in [2.05, 4.69) is 90.7 Å². The summed E-state index contributed by atoms with van der Waals surface area (Å²) in [5.74, 6) is 2.12. The second-order valence-corrected chi connectivity index (χ2v) is 8.04. The zero-order chi connectivity index (χ0) is 20.3. The first kappa shape index (κ1) is 19.1. The molecule has 2 aliphatic rings. The molecule has 1 saturated heterocycles. The second kappa shape index (κ2) is 8.47. The predicted octanol–water partition coefficient (Wildman–Crippen LogP) is 5.26. The van der Waals surface area contributed by atoms with Crippen LogP contribution < -0.4 is 4.74 Å². The Hall–Kier alpha value is -2.88. The van der Waals surface area contributed by atoms with E-state index in [4.69, 9.17) is 9.47 Å². The Balaban J connectivity index is 1.70. The van der Waals surface area contributed by atoms with Crippen LogP contribution in [-0.4, -0.2) is 37.7 Å². The highest BCUT2D eigenvalue weighted by atomic mass is 16.5. The van der Waals surface area contributed by atoms with E-state index in [1.807, 2.05) is 0 Å². The summed E-state index contributed by atoms with van der Waals surface area (Å²) < 4.78 is 12.2. The Morgan fingerprint density at radius 3 is 2.23 bits per heavy atom. The van der Waals surface area contributed by atoms with E-state index in [0.717, 1.165) is 49.9 Å². The fourth-order valence-corrected chi connectivity index (χ4v) is 4.57. The SMILES string of the molecule is Cc1ccccc1[C@@H]1C(CN2CCOCC2)=C(c2ccccc2)Oc2ccccc21. The summed E-state index contributed by atoms with van der Waals surface area (Å²) in [5.41, 5.74) is 6.37. The van der Waals surface area contributed by atoms with Gasteiger partial charge in [0.25, 0.3) is 0 Å². The van der Waals surface area contributed by atoms with E-state index in [1.165, 1.54) is 22.3 Å². The van der Waals surface area contributed by atoms with Crippen molar-refractivity contribution in [3.05, 3.63) is 107 Å². The van der Waals surface area contributed by atoms with Gasteiger partial charge in [0, 0.05) is 36.7 Å². The van der Waals surface area contributed by atoms with Gasteiger partial charge in [0.2, 0.25) is 0 Å². The van der Waals surface area contributed by atoms with Gasteiger partial charge in [-0.3, -0.25) is 4.90 Å². The normalized spacial score (nSPS) is 19.3. The first-order chi connectivity index (χ1) is 14.8. The summed E-state index contributed by atoms with van der Waals surface area (Å²) in [6.45, 7) is 6.57. The topological polar surface area (TPSA) is 21.7 Å². The first-order valence-corrected chi connectivity index (χ1v) is 10.7. The average molecular weight is 398 g/mol. The Morgan fingerprint density at radius 1 is 0.800 bits per heavy atom. The van der Waals surface area contributed by atoms with Gasteiger partial charge < -0.3 is 9.47 Å². The first-order valence-electron chi connectivity index (χ1n) is 10.7. The summed E-state index contributed by atoms with van der Waals surface area (Å²) in [7, 11) is 0. The average Bonchev–Trinajstić information content (AvgIpc) is 2.80. The molecule has 0 N–H and O–H groups in total. The van der Waals surface area contributed by atoms with Crippen LogP contribution in [0.5, 0.6) is 5.75 Å². The molecule has 0 unspecified atom stereocenters. The number of para-hydroxylation sites is 1. The number of rotatable bonds is 4.